The van der Waals surface area contributed by atoms with Crippen molar-refractivity contribution in [1.29, 1.82) is 0 Å². The van der Waals surface area contributed by atoms with Crippen LogP contribution >= 0.6 is 7.26 Å². The van der Waals surface area contributed by atoms with Crippen LogP contribution in [-0.2, 0) is 4.79 Å². The van der Waals surface area contributed by atoms with Crippen LogP contribution in [0.5, 0.6) is 0 Å². The molecule has 0 aliphatic rings. The average Bonchev–Trinajstić information content (AvgIpc) is 2.72. The van der Waals surface area contributed by atoms with E-state index in [0.717, 1.165) is 12.8 Å². The molecular formula is C26H56O2P+. The lowest BCUT2D eigenvalue weighted by atomic mass is 10.1. The fourth-order valence-electron chi connectivity index (χ4n) is 3.88. The zero-order valence-corrected chi connectivity index (χ0v) is 21.8. The number of aliphatic carboxylic acids is 1. The largest absolute Gasteiger partial charge is 0.481 e. The van der Waals surface area contributed by atoms with Crippen LogP contribution in [0.2, 0.25) is 0 Å². The summed E-state index contributed by atoms with van der Waals surface area (Å²) in [4.78, 5) is 10.1. The second kappa shape index (κ2) is 24.2. The number of carboxylic acids is 1. The third-order valence-corrected chi connectivity index (χ3v) is 11.0. The van der Waals surface area contributed by atoms with Crippen molar-refractivity contribution in [1.82, 2.24) is 0 Å². The second-order valence-electron chi connectivity index (χ2n) is 8.92. The minimum absolute atomic E-state index is 0.341. The van der Waals surface area contributed by atoms with E-state index in [2.05, 4.69) is 34.6 Å². The first-order valence-electron chi connectivity index (χ1n) is 13.1. The highest BCUT2D eigenvalue weighted by Gasteiger charge is 2.34. The van der Waals surface area contributed by atoms with E-state index in [1.165, 1.54) is 83.5 Å². The molecule has 3 heteroatoms. The van der Waals surface area contributed by atoms with Gasteiger partial charge in [0, 0.05) is 13.7 Å². The number of rotatable bonds is 20. The molecule has 0 spiro atoms. The first-order valence-corrected chi connectivity index (χ1v) is 15.6. The summed E-state index contributed by atoms with van der Waals surface area (Å²) in [7, 11) is -0.562. The molecule has 0 fully saturated rings. The van der Waals surface area contributed by atoms with Crippen LogP contribution in [0.15, 0.2) is 0 Å². The molecule has 0 saturated carbocycles. The fraction of sp³-hybridized carbons (Fsp3) is 0.962. The maximum Gasteiger partial charge on any atom is 0.303 e. The molecule has 0 aliphatic heterocycles. The van der Waals surface area contributed by atoms with Gasteiger partial charge in [0.1, 0.15) is 0 Å². The van der Waals surface area contributed by atoms with Gasteiger partial charge >= 0.3 is 5.97 Å². The van der Waals surface area contributed by atoms with Crippen LogP contribution in [-0.4, -0.2) is 35.7 Å². The standard InChI is InChI=1S/C16H36P.C10H20O2/c1-5-9-13-17(14-10-6-2,15-11-7-3)16-12-8-4;1-2-3-4-5-6-7-8-9-10(11)12/h5-16H2,1-4H3;2-9H2,1H3,(H,11,12)/q+1;. The summed E-state index contributed by atoms with van der Waals surface area (Å²) in [5.74, 6) is -0.663. The van der Waals surface area contributed by atoms with Gasteiger partial charge in [-0.05, 0) is 32.1 Å². The average molecular weight is 432 g/mol. The highest BCUT2D eigenvalue weighted by Crippen LogP contribution is 2.61. The Morgan fingerprint density at radius 2 is 0.828 bits per heavy atom. The van der Waals surface area contributed by atoms with Crippen LogP contribution < -0.4 is 0 Å². The molecule has 0 heterocycles. The Labute approximate surface area is 185 Å². The van der Waals surface area contributed by atoms with Crippen molar-refractivity contribution < 1.29 is 9.90 Å². The van der Waals surface area contributed by atoms with Gasteiger partial charge < -0.3 is 5.11 Å². The minimum atomic E-state index is -0.663. The SMILES string of the molecule is CCCCCCCCCC(=O)O.CCCC[P+](CCCC)(CCCC)CCCC. The zero-order chi connectivity index (χ0) is 22.2. The molecule has 0 aromatic heterocycles. The monoisotopic (exact) mass is 431 g/mol. The Bertz CT molecular complexity index is 293. The third-order valence-electron chi connectivity index (χ3n) is 5.94. The van der Waals surface area contributed by atoms with Crippen molar-refractivity contribution in [3.8, 4) is 0 Å². The van der Waals surface area contributed by atoms with E-state index in [9.17, 15) is 4.79 Å². The molecule has 0 aromatic carbocycles. The summed E-state index contributed by atoms with van der Waals surface area (Å²) in [6.45, 7) is 11.6. The maximum absolute atomic E-state index is 10.1. The van der Waals surface area contributed by atoms with Crippen LogP contribution in [0, 0.1) is 0 Å². The predicted octanol–water partition coefficient (Wildman–Crippen LogP) is 9.42. The van der Waals surface area contributed by atoms with Crippen LogP contribution in [0.1, 0.15) is 137 Å². The van der Waals surface area contributed by atoms with Crippen molar-refractivity contribution in [3.05, 3.63) is 0 Å². The van der Waals surface area contributed by atoms with Gasteiger partial charge in [0.05, 0.1) is 24.6 Å². The smallest absolute Gasteiger partial charge is 0.303 e. The lowest BCUT2D eigenvalue weighted by molar-refractivity contribution is -0.137. The summed E-state index contributed by atoms with van der Waals surface area (Å²) in [6.07, 6.45) is 26.6. The van der Waals surface area contributed by atoms with E-state index in [0.29, 0.717) is 6.42 Å². The summed E-state index contributed by atoms with van der Waals surface area (Å²) in [6, 6.07) is 0. The van der Waals surface area contributed by atoms with E-state index in [1.807, 2.05) is 0 Å². The fourth-order valence-corrected chi connectivity index (χ4v) is 9.17. The molecule has 0 amide bonds. The first kappa shape index (κ1) is 31.1. The predicted molar refractivity (Wildman–Crippen MR) is 136 cm³/mol. The van der Waals surface area contributed by atoms with Gasteiger partial charge in [-0.3, -0.25) is 4.79 Å². The molecule has 0 aromatic rings. The van der Waals surface area contributed by atoms with Gasteiger partial charge in [-0.25, -0.2) is 0 Å². The van der Waals surface area contributed by atoms with E-state index in [1.54, 1.807) is 24.6 Å². The number of carboxylic acid groups (broad SMARTS) is 1. The molecule has 0 aliphatic carbocycles. The lowest BCUT2D eigenvalue weighted by Gasteiger charge is -2.28. The zero-order valence-electron chi connectivity index (χ0n) is 20.9. The molecule has 0 radical (unpaired) electrons. The summed E-state index contributed by atoms with van der Waals surface area (Å²) >= 11 is 0. The third kappa shape index (κ3) is 22.4. The Kier molecular flexibility index (Phi) is 25.9. The second-order valence-corrected chi connectivity index (χ2v) is 13.4. The highest BCUT2D eigenvalue weighted by atomic mass is 31.2. The molecule has 0 rings (SSSR count). The molecule has 0 bridgehead atoms. The van der Waals surface area contributed by atoms with E-state index in [4.69, 9.17) is 5.11 Å². The van der Waals surface area contributed by atoms with Crippen molar-refractivity contribution in [2.75, 3.05) is 24.6 Å². The lowest BCUT2D eigenvalue weighted by Crippen LogP contribution is -2.12. The van der Waals surface area contributed by atoms with Crippen LogP contribution in [0.4, 0.5) is 0 Å². The van der Waals surface area contributed by atoms with Gasteiger partial charge in [-0.2, -0.15) is 0 Å². The number of hydrogen-bond donors (Lipinski definition) is 1. The van der Waals surface area contributed by atoms with Gasteiger partial charge in [0.25, 0.3) is 0 Å². The Morgan fingerprint density at radius 1 is 0.517 bits per heavy atom. The minimum Gasteiger partial charge on any atom is -0.481 e. The van der Waals surface area contributed by atoms with Gasteiger partial charge in [0.2, 0.25) is 0 Å². The highest BCUT2D eigenvalue weighted by molar-refractivity contribution is 7.75. The normalized spacial score (nSPS) is 11.2. The van der Waals surface area contributed by atoms with E-state index < -0.39 is 13.2 Å². The molecule has 0 saturated heterocycles. The van der Waals surface area contributed by atoms with Gasteiger partial charge in [0.15, 0.2) is 0 Å². The van der Waals surface area contributed by atoms with Crippen LogP contribution in [0.25, 0.3) is 0 Å². The molecule has 0 unspecified atom stereocenters. The number of carbonyl (C=O) groups is 1. The molecular weight excluding hydrogens is 375 g/mol. The topological polar surface area (TPSA) is 37.3 Å². The van der Waals surface area contributed by atoms with Gasteiger partial charge in [-0.1, -0.05) is 98.8 Å². The summed E-state index contributed by atoms with van der Waals surface area (Å²) in [5, 5.41) is 8.35. The van der Waals surface area contributed by atoms with Crippen molar-refractivity contribution in [2.24, 2.45) is 0 Å². The Balaban J connectivity index is 0. The number of unbranched alkanes of at least 4 members (excludes halogenated alkanes) is 10. The molecule has 176 valence electrons. The Hall–Kier alpha value is -0.100. The van der Waals surface area contributed by atoms with Crippen LogP contribution in [0.3, 0.4) is 0 Å². The van der Waals surface area contributed by atoms with Crippen molar-refractivity contribution in [3.63, 3.8) is 0 Å². The summed E-state index contributed by atoms with van der Waals surface area (Å²) in [5.41, 5.74) is 0. The van der Waals surface area contributed by atoms with E-state index in [-0.39, 0.29) is 0 Å². The molecule has 2 nitrogen and oxygen atoms in total. The number of hydrogen-bond acceptors (Lipinski definition) is 1. The quantitative estimate of drug-likeness (QED) is 0.154. The first-order chi connectivity index (χ1) is 14.0. The maximum atomic E-state index is 10.1. The molecule has 0 atom stereocenters. The molecule has 29 heavy (non-hydrogen) atoms. The summed E-state index contributed by atoms with van der Waals surface area (Å²) < 4.78 is 0. The van der Waals surface area contributed by atoms with Crippen molar-refractivity contribution in [2.45, 2.75) is 137 Å². The van der Waals surface area contributed by atoms with Crippen molar-refractivity contribution >= 4 is 13.2 Å². The van der Waals surface area contributed by atoms with E-state index >= 15 is 0 Å². The molecule has 1 N–H and O–H groups in total. The van der Waals surface area contributed by atoms with Gasteiger partial charge in [-0.15, -0.1) is 0 Å². The Morgan fingerprint density at radius 3 is 1.14 bits per heavy atom.